The highest BCUT2D eigenvalue weighted by molar-refractivity contribution is 6.24. The Morgan fingerprint density at radius 3 is 2.25 bits per heavy atom. The van der Waals surface area contributed by atoms with Crippen molar-refractivity contribution in [3.63, 3.8) is 0 Å². The Morgan fingerprint density at radius 2 is 1.55 bits per heavy atom. The Morgan fingerprint density at radius 1 is 0.813 bits per heavy atom. The number of anilines is 1. The van der Waals surface area contributed by atoms with Crippen molar-refractivity contribution in [1.29, 1.82) is 0 Å². The molecule has 4 N–H and O–H groups in total. The third-order valence-electron chi connectivity index (χ3n) is 14.9. The van der Waals surface area contributed by atoms with Crippen molar-refractivity contribution in [3.05, 3.63) is 116 Å². The summed E-state index contributed by atoms with van der Waals surface area (Å²) in [6.45, 7) is 14.3. The molecule has 4 aromatic rings. The standard InChI is InChI=1S/C57H70N8O10/c1-5-64(47-33-41(40-17-15-39(16-18-40)35-62-26-29-74-30-27-62)32-44(38(47)4)53(69)59-34-45-36(2)31-37(3)60-54(45)70)42-21-24-63(25-22-42)51(68)14-9-7-6-8-13-49(66)58-23-28-75-48-12-10-11-43-52(48)57(73)65(56(43)72)46-19-20-50(67)61-55(46)71/h10-12,15-18,31-33,42,46H,5-9,13-14,19-30,34-35H2,1-4H3,(H,58,66)(H,59,69)(H,60,70)(H,61,67,71). The first-order valence-electron chi connectivity index (χ1n) is 26.5. The number of aromatic amines is 1. The van der Waals surface area contributed by atoms with Crippen LogP contribution in [0.25, 0.3) is 11.1 Å². The monoisotopic (exact) mass is 1030 g/mol. The molecule has 4 aliphatic heterocycles. The van der Waals surface area contributed by atoms with E-state index in [-0.39, 0.29) is 78.7 Å². The van der Waals surface area contributed by atoms with Crippen LogP contribution in [0.4, 0.5) is 5.69 Å². The number of piperidine rings is 2. The summed E-state index contributed by atoms with van der Waals surface area (Å²) in [6, 6.07) is 18.3. The van der Waals surface area contributed by atoms with Crippen molar-refractivity contribution in [2.45, 2.75) is 117 Å². The number of nitrogens with one attached hydrogen (secondary N) is 4. The van der Waals surface area contributed by atoms with E-state index in [2.05, 4.69) is 68.0 Å². The molecule has 4 aliphatic rings. The van der Waals surface area contributed by atoms with Gasteiger partial charge >= 0.3 is 0 Å². The second-order valence-electron chi connectivity index (χ2n) is 20.0. The summed E-state index contributed by atoms with van der Waals surface area (Å²) < 4.78 is 11.4. The van der Waals surface area contributed by atoms with Crippen LogP contribution in [0.15, 0.2) is 65.5 Å². The Kier molecular flexibility index (Phi) is 18.0. The van der Waals surface area contributed by atoms with Gasteiger partial charge in [0.1, 0.15) is 18.4 Å². The van der Waals surface area contributed by atoms with Crippen LogP contribution in [0.3, 0.4) is 0 Å². The van der Waals surface area contributed by atoms with Crippen LogP contribution < -0.4 is 31.1 Å². The molecular weight excluding hydrogens is 957 g/mol. The molecule has 3 fully saturated rings. The van der Waals surface area contributed by atoms with Gasteiger partial charge in [0.05, 0.1) is 30.9 Å². The second kappa shape index (κ2) is 24.9. The number of unbranched alkanes of at least 4 members (excludes halogenated alkanes) is 3. The number of H-pyrrole nitrogens is 1. The summed E-state index contributed by atoms with van der Waals surface area (Å²) in [6.07, 6.45) is 5.38. The lowest BCUT2D eigenvalue weighted by molar-refractivity contribution is -0.136. The maximum atomic E-state index is 14.1. The van der Waals surface area contributed by atoms with Gasteiger partial charge in [-0.15, -0.1) is 0 Å². The minimum absolute atomic E-state index is 0.0220. The van der Waals surface area contributed by atoms with Crippen molar-refractivity contribution >= 4 is 47.0 Å². The average molecular weight is 1030 g/mol. The molecule has 0 bridgehead atoms. The molecule has 8 rings (SSSR count). The van der Waals surface area contributed by atoms with Crippen molar-refractivity contribution in [1.82, 2.24) is 35.6 Å². The Hall–Kier alpha value is -7.18. The first-order chi connectivity index (χ1) is 36.2. The molecule has 0 spiro atoms. The molecule has 18 nitrogen and oxygen atoms in total. The summed E-state index contributed by atoms with van der Waals surface area (Å²) in [5.74, 6) is -2.51. The molecule has 7 amide bonds. The summed E-state index contributed by atoms with van der Waals surface area (Å²) >= 11 is 0. The lowest BCUT2D eigenvalue weighted by Crippen LogP contribution is -2.54. The number of likely N-dealkylation sites (tertiary alicyclic amines) is 1. The van der Waals surface area contributed by atoms with Gasteiger partial charge in [-0.1, -0.05) is 43.2 Å². The number of pyridine rings is 1. The third kappa shape index (κ3) is 13.0. The first-order valence-corrected chi connectivity index (χ1v) is 26.5. The van der Waals surface area contributed by atoms with Gasteiger partial charge in [-0.05, 0) is 118 Å². The minimum Gasteiger partial charge on any atom is -0.491 e. The van der Waals surface area contributed by atoms with E-state index in [0.717, 1.165) is 103 Å². The van der Waals surface area contributed by atoms with Crippen LogP contribution in [0.1, 0.15) is 130 Å². The number of nitrogens with zero attached hydrogens (tertiary/aromatic N) is 4. The number of aryl methyl sites for hydroxylation is 2. The van der Waals surface area contributed by atoms with E-state index >= 15 is 0 Å². The number of benzene rings is 3. The zero-order chi connectivity index (χ0) is 53.2. The van der Waals surface area contributed by atoms with Crippen LogP contribution in [0, 0.1) is 20.8 Å². The highest BCUT2D eigenvalue weighted by Gasteiger charge is 2.46. The number of morpholine rings is 1. The molecule has 0 aliphatic carbocycles. The maximum Gasteiger partial charge on any atom is 0.266 e. The van der Waals surface area contributed by atoms with Crippen molar-refractivity contribution in [2.24, 2.45) is 0 Å². The Labute approximate surface area is 437 Å². The molecule has 1 atom stereocenters. The van der Waals surface area contributed by atoms with E-state index in [0.29, 0.717) is 50.0 Å². The third-order valence-corrected chi connectivity index (χ3v) is 14.9. The summed E-state index contributed by atoms with van der Waals surface area (Å²) in [7, 11) is 0. The van der Waals surface area contributed by atoms with E-state index in [9.17, 15) is 38.4 Å². The quantitative estimate of drug-likeness (QED) is 0.0602. The van der Waals surface area contributed by atoms with Gasteiger partial charge in [-0.2, -0.15) is 0 Å². The number of hydrogen-bond acceptors (Lipinski definition) is 12. The minimum atomic E-state index is -1.08. The van der Waals surface area contributed by atoms with E-state index in [1.165, 1.54) is 11.6 Å². The molecule has 3 saturated heterocycles. The lowest BCUT2D eigenvalue weighted by Gasteiger charge is -2.40. The van der Waals surface area contributed by atoms with Crippen LogP contribution in [0.5, 0.6) is 5.75 Å². The second-order valence-corrected chi connectivity index (χ2v) is 20.0. The first kappa shape index (κ1) is 54.1. The van der Waals surface area contributed by atoms with Gasteiger partial charge in [0, 0.05) is 93.6 Å². The fourth-order valence-electron chi connectivity index (χ4n) is 10.8. The number of ether oxygens (including phenoxy) is 2. The largest absolute Gasteiger partial charge is 0.491 e. The SMILES string of the molecule is CCN(c1cc(-c2ccc(CN3CCOCC3)cc2)cc(C(=O)NCc2c(C)cc(C)[nH]c2=O)c1C)C1CCN(C(=O)CCCCCCC(=O)NCCOc2cccc3c2C(=O)N(C2CCC(=O)NC2=O)C3=O)CC1. The van der Waals surface area contributed by atoms with Crippen molar-refractivity contribution in [3.8, 4) is 16.9 Å². The number of hydrogen-bond donors (Lipinski definition) is 4. The molecule has 1 aromatic heterocycles. The number of imide groups is 2. The summed E-state index contributed by atoms with van der Waals surface area (Å²) in [5, 5.41) is 8.07. The molecule has 5 heterocycles. The number of carbonyl (C=O) groups is 7. The molecule has 1 unspecified atom stereocenters. The molecule has 75 heavy (non-hydrogen) atoms. The van der Waals surface area contributed by atoms with Gasteiger partial charge in [-0.25, -0.2) is 0 Å². The van der Waals surface area contributed by atoms with Gasteiger partial charge in [0.25, 0.3) is 23.3 Å². The van der Waals surface area contributed by atoms with Crippen LogP contribution in [-0.2, 0) is 37.0 Å². The summed E-state index contributed by atoms with van der Waals surface area (Å²) in [4.78, 5) is 114. The normalized spacial score (nSPS) is 17.2. The molecule has 3 aromatic carbocycles. The number of aromatic nitrogens is 1. The average Bonchev–Trinajstić information content (AvgIpc) is 3.65. The predicted molar refractivity (Wildman–Crippen MR) is 282 cm³/mol. The highest BCUT2D eigenvalue weighted by atomic mass is 16.5. The van der Waals surface area contributed by atoms with Crippen LogP contribution in [-0.4, -0.2) is 132 Å². The fraction of sp³-hybridized carbons (Fsp3) is 0.474. The molecule has 0 radical (unpaired) electrons. The predicted octanol–water partition coefficient (Wildman–Crippen LogP) is 5.48. The highest BCUT2D eigenvalue weighted by Crippen LogP contribution is 2.36. The van der Waals surface area contributed by atoms with E-state index in [4.69, 9.17) is 9.47 Å². The number of carbonyl (C=O) groups excluding carboxylic acids is 7. The lowest BCUT2D eigenvalue weighted by atomic mass is 9.94. The molecular formula is C57H70N8O10. The summed E-state index contributed by atoms with van der Waals surface area (Å²) in [5.41, 5.74) is 7.59. The maximum absolute atomic E-state index is 14.1. The van der Waals surface area contributed by atoms with Gasteiger partial charge in [0.15, 0.2) is 0 Å². The number of amides is 7. The van der Waals surface area contributed by atoms with Crippen LogP contribution >= 0.6 is 0 Å². The molecule has 18 heteroatoms. The van der Waals surface area contributed by atoms with Gasteiger partial charge in [0.2, 0.25) is 23.6 Å². The van der Waals surface area contributed by atoms with Crippen molar-refractivity contribution < 1.29 is 43.0 Å². The zero-order valence-corrected chi connectivity index (χ0v) is 43.6. The Balaban J connectivity index is 0.792. The smallest absolute Gasteiger partial charge is 0.266 e. The van der Waals surface area contributed by atoms with Crippen molar-refractivity contribution in [2.75, 3.05) is 64.0 Å². The fourth-order valence-corrected chi connectivity index (χ4v) is 10.8. The molecule has 398 valence electrons. The van der Waals surface area contributed by atoms with Crippen LogP contribution in [0.2, 0.25) is 0 Å². The number of fused-ring (bicyclic) bond motifs is 1. The van der Waals surface area contributed by atoms with E-state index < -0.39 is 29.7 Å². The number of rotatable bonds is 21. The molecule has 0 saturated carbocycles. The Bertz CT molecular complexity index is 2850. The van der Waals surface area contributed by atoms with Gasteiger partial charge < -0.3 is 34.9 Å². The topological polar surface area (TPSA) is 220 Å². The van der Waals surface area contributed by atoms with E-state index in [1.54, 1.807) is 12.1 Å². The van der Waals surface area contributed by atoms with Gasteiger partial charge in [-0.3, -0.25) is 53.5 Å². The van der Waals surface area contributed by atoms with E-state index in [1.807, 2.05) is 37.8 Å². The zero-order valence-electron chi connectivity index (χ0n) is 43.6.